The Bertz CT molecular complexity index is 937. The molecule has 0 bridgehead atoms. The van der Waals surface area contributed by atoms with Crippen LogP contribution in [0.3, 0.4) is 0 Å². The van der Waals surface area contributed by atoms with Crippen molar-refractivity contribution in [3.63, 3.8) is 0 Å². The van der Waals surface area contributed by atoms with Gasteiger partial charge in [0, 0.05) is 12.0 Å². The average molecular weight is 401 g/mol. The normalized spacial score (nSPS) is 19.8. The molecule has 0 aliphatic heterocycles. The van der Waals surface area contributed by atoms with Crippen molar-refractivity contribution in [3.8, 4) is 11.1 Å². The molecule has 1 saturated carbocycles. The molecule has 3 rings (SSSR count). The molecule has 6 heteroatoms. The van der Waals surface area contributed by atoms with Crippen molar-refractivity contribution in [3.05, 3.63) is 59.7 Å². The van der Waals surface area contributed by atoms with Gasteiger partial charge in [-0.15, -0.1) is 0 Å². The van der Waals surface area contributed by atoms with E-state index in [9.17, 15) is 13.2 Å². The molecule has 0 heterocycles. The number of carbonyl (C=O) groups excluding carboxylic acids is 1. The predicted molar refractivity (Wildman–Crippen MR) is 112 cm³/mol. The van der Waals surface area contributed by atoms with Gasteiger partial charge in [-0.2, -0.15) is 0 Å². The first-order valence-corrected chi connectivity index (χ1v) is 11.3. The lowest BCUT2D eigenvalue weighted by Gasteiger charge is -2.24. The van der Waals surface area contributed by atoms with Crippen LogP contribution in [-0.4, -0.2) is 25.6 Å². The Hall–Kier alpha value is -2.18. The third-order valence-corrected chi connectivity index (χ3v) is 7.33. The summed E-state index contributed by atoms with van der Waals surface area (Å²) in [5.41, 5.74) is 9.49. The molecule has 3 N–H and O–H groups in total. The maximum atomic E-state index is 12.4. The summed E-state index contributed by atoms with van der Waals surface area (Å²) in [4.78, 5) is 11.1. The second-order valence-corrected chi connectivity index (χ2v) is 10.1. The zero-order chi connectivity index (χ0) is 20.3. The highest BCUT2D eigenvalue weighted by atomic mass is 32.2. The van der Waals surface area contributed by atoms with Gasteiger partial charge in [0.2, 0.25) is 15.9 Å². The number of primary amides is 1. The number of sulfonamides is 1. The van der Waals surface area contributed by atoms with Crippen molar-refractivity contribution in [2.24, 2.45) is 5.73 Å². The zero-order valence-electron chi connectivity index (χ0n) is 16.4. The van der Waals surface area contributed by atoms with Gasteiger partial charge in [-0.1, -0.05) is 55.0 Å². The zero-order valence-corrected chi connectivity index (χ0v) is 17.2. The van der Waals surface area contributed by atoms with Crippen molar-refractivity contribution < 1.29 is 13.2 Å². The predicted octanol–water partition coefficient (Wildman–Crippen LogP) is 3.35. The topological polar surface area (TPSA) is 89.3 Å². The summed E-state index contributed by atoms with van der Waals surface area (Å²) in [6, 6.07) is 15.9. The van der Waals surface area contributed by atoms with Crippen LogP contribution in [-0.2, 0) is 21.2 Å². The lowest BCUT2D eigenvalue weighted by atomic mass is 9.87. The van der Waals surface area contributed by atoms with Crippen LogP contribution in [0, 0.1) is 0 Å². The minimum atomic E-state index is -3.31. The second-order valence-electron chi connectivity index (χ2n) is 7.78. The Morgan fingerprint density at radius 3 is 2.43 bits per heavy atom. The molecule has 150 valence electrons. The molecule has 1 aliphatic rings. The smallest absolute Gasteiger partial charge is 0.221 e. The third-order valence-electron chi connectivity index (χ3n) is 5.46. The van der Waals surface area contributed by atoms with E-state index in [-0.39, 0.29) is 24.3 Å². The monoisotopic (exact) mass is 400 g/mol. The molecule has 0 spiro atoms. The fourth-order valence-corrected chi connectivity index (χ4v) is 4.88. The molecule has 5 nitrogen and oxygen atoms in total. The van der Waals surface area contributed by atoms with E-state index in [1.165, 1.54) is 5.56 Å². The van der Waals surface area contributed by atoms with E-state index < -0.39 is 15.3 Å². The van der Waals surface area contributed by atoms with E-state index in [1.54, 1.807) is 13.8 Å². The van der Waals surface area contributed by atoms with Crippen molar-refractivity contribution in [2.45, 2.75) is 56.7 Å². The van der Waals surface area contributed by atoms with Crippen LogP contribution in [0.5, 0.6) is 0 Å². The van der Waals surface area contributed by atoms with Crippen LogP contribution >= 0.6 is 0 Å². The molecule has 2 aromatic carbocycles. The molecule has 1 fully saturated rings. The van der Waals surface area contributed by atoms with Crippen LogP contribution < -0.4 is 10.5 Å². The minimum Gasteiger partial charge on any atom is -0.369 e. The molecule has 0 radical (unpaired) electrons. The summed E-state index contributed by atoms with van der Waals surface area (Å²) in [6.07, 6.45) is 3.04. The Labute approximate surface area is 167 Å². The standard InChI is InChI=1S/C22H28N2O3S/c1-15(2)28(26,27)24-21-9-5-8-20(21)19-7-4-3-6-18(19)17-12-10-16(11-13-17)14-22(23)25/h3-4,6-7,10-13,15,20-21,24H,5,8-9,14H2,1-2H3,(H2,23,25). The number of carbonyl (C=O) groups is 1. The summed E-state index contributed by atoms with van der Waals surface area (Å²) in [6.45, 7) is 3.40. The third kappa shape index (κ3) is 4.62. The lowest BCUT2D eigenvalue weighted by Crippen LogP contribution is -2.40. The Morgan fingerprint density at radius 1 is 1.11 bits per heavy atom. The van der Waals surface area contributed by atoms with E-state index in [1.807, 2.05) is 36.4 Å². The lowest BCUT2D eigenvalue weighted by molar-refractivity contribution is -0.117. The summed E-state index contributed by atoms with van der Waals surface area (Å²) in [7, 11) is -3.31. The molecule has 2 atom stereocenters. The molecule has 1 aliphatic carbocycles. The van der Waals surface area contributed by atoms with Crippen LogP contribution in [0.2, 0.25) is 0 Å². The van der Waals surface area contributed by atoms with Gasteiger partial charge in [-0.3, -0.25) is 4.79 Å². The van der Waals surface area contributed by atoms with Crippen molar-refractivity contribution in [2.75, 3.05) is 0 Å². The van der Waals surface area contributed by atoms with E-state index in [0.717, 1.165) is 36.0 Å². The number of hydrogen-bond acceptors (Lipinski definition) is 3. The maximum Gasteiger partial charge on any atom is 0.221 e. The first kappa shape index (κ1) is 20.6. The van der Waals surface area contributed by atoms with Gasteiger partial charge in [-0.25, -0.2) is 13.1 Å². The Kier molecular flexibility index (Phi) is 6.20. The van der Waals surface area contributed by atoms with Gasteiger partial charge in [0.25, 0.3) is 0 Å². The van der Waals surface area contributed by atoms with Crippen molar-refractivity contribution >= 4 is 15.9 Å². The van der Waals surface area contributed by atoms with E-state index >= 15 is 0 Å². The first-order valence-electron chi connectivity index (χ1n) is 9.75. The number of amides is 1. The molecular weight excluding hydrogens is 372 g/mol. The molecule has 0 aromatic heterocycles. The highest BCUT2D eigenvalue weighted by Gasteiger charge is 2.33. The van der Waals surface area contributed by atoms with E-state index in [4.69, 9.17) is 5.73 Å². The largest absolute Gasteiger partial charge is 0.369 e. The van der Waals surface area contributed by atoms with Gasteiger partial charge in [0.1, 0.15) is 0 Å². The number of benzene rings is 2. The van der Waals surface area contributed by atoms with Crippen LogP contribution in [0.4, 0.5) is 0 Å². The van der Waals surface area contributed by atoms with Gasteiger partial charge < -0.3 is 5.73 Å². The van der Waals surface area contributed by atoms with Gasteiger partial charge in [0.15, 0.2) is 0 Å². The summed E-state index contributed by atoms with van der Waals surface area (Å²) in [5, 5.41) is -0.443. The molecule has 2 unspecified atom stereocenters. The number of nitrogens with one attached hydrogen (secondary N) is 1. The van der Waals surface area contributed by atoms with Crippen molar-refractivity contribution in [1.82, 2.24) is 4.72 Å². The second kappa shape index (κ2) is 8.45. The molecular formula is C22H28N2O3S. The number of hydrogen-bond donors (Lipinski definition) is 2. The van der Waals surface area contributed by atoms with Crippen LogP contribution in [0.15, 0.2) is 48.5 Å². The first-order chi connectivity index (χ1) is 13.3. The highest BCUT2D eigenvalue weighted by molar-refractivity contribution is 7.90. The molecule has 1 amide bonds. The van der Waals surface area contributed by atoms with E-state index in [2.05, 4.69) is 16.9 Å². The molecule has 2 aromatic rings. The van der Waals surface area contributed by atoms with Gasteiger partial charge >= 0.3 is 0 Å². The summed E-state index contributed by atoms with van der Waals surface area (Å²) < 4.78 is 27.7. The maximum absolute atomic E-state index is 12.4. The number of rotatable bonds is 7. The van der Waals surface area contributed by atoms with Crippen molar-refractivity contribution in [1.29, 1.82) is 0 Å². The number of nitrogens with two attached hydrogens (primary N) is 1. The Morgan fingerprint density at radius 2 is 1.79 bits per heavy atom. The Balaban J connectivity index is 1.90. The van der Waals surface area contributed by atoms with Crippen LogP contribution in [0.1, 0.15) is 50.2 Å². The average Bonchev–Trinajstić information content (AvgIpc) is 3.09. The van der Waals surface area contributed by atoms with Crippen LogP contribution in [0.25, 0.3) is 11.1 Å². The molecule has 0 saturated heterocycles. The SMILES string of the molecule is CC(C)S(=O)(=O)NC1CCCC1c1ccccc1-c1ccc(CC(N)=O)cc1. The highest BCUT2D eigenvalue weighted by Crippen LogP contribution is 2.40. The van der Waals surface area contributed by atoms with E-state index in [0.29, 0.717) is 0 Å². The molecule has 28 heavy (non-hydrogen) atoms. The van der Waals surface area contributed by atoms with Gasteiger partial charge in [-0.05, 0) is 48.9 Å². The quantitative estimate of drug-likeness (QED) is 0.747. The fourth-order valence-electron chi connectivity index (χ4n) is 3.91. The minimum absolute atomic E-state index is 0.0808. The summed E-state index contributed by atoms with van der Waals surface area (Å²) in [5.74, 6) is -0.200. The summed E-state index contributed by atoms with van der Waals surface area (Å²) >= 11 is 0. The van der Waals surface area contributed by atoms with Gasteiger partial charge in [0.05, 0.1) is 11.7 Å². The fraction of sp³-hybridized carbons (Fsp3) is 0.409.